The van der Waals surface area contributed by atoms with Gasteiger partial charge in [0, 0.05) is 51.4 Å². The van der Waals surface area contributed by atoms with E-state index in [1.807, 2.05) is 6.08 Å². The van der Waals surface area contributed by atoms with Gasteiger partial charge in [-0.05, 0) is 43.0 Å². The molecule has 0 aliphatic heterocycles. The molecule has 0 fully saturated rings. The number of aromatic hydroxyl groups is 2. The van der Waals surface area contributed by atoms with Crippen LogP contribution in [0.3, 0.4) is 0 Å². The van der Waals surface area contributed by atoms with Crippen LogP contribution in [0.25, 0.3) is 49.2 Å². The van der Waals surface area contributed by atoms with Crippen LogP contribution in [0, 0.1) is 0 Å². The van der Waals surface area contributed by atoms with Gasteiger partial charge in [-0.2, -0.15) is 0 Å². The van der Waals surface area contributed by atoms with E-state index in [-0.39, 0.29) is 52.8 Å². The highest BCUT2D eigenvalue weighted by Crippen LogP contribution is 2.57. The van der Waals surface area contributed by atoms with Crippen LogP contribution < -0.4 is 25.1 Å². The Hall–Kier alpha value is -4.79. The lowest BCUT2D eigenvalue weighted by molar-refractivity contribution is -0.117. The molecule has 6 rings (SSSR count). The highest BCUT2D eigenvalue weighted by Gasteiger charge is 2.37. The molecule has 5 aromatic rings. The maximum absolute atomic E-state index is 13.9. The molecule has 13 heteroatoms. The number of hydrogen-bond acceptors (Lipinski definition) is 13. The fourth-order valence-electron chi connectivity index (χ4n) is 7.77. The van der Waals surface area contributed by atoms with E-state index in [9.17, 15) is 24.6 Å². The molecule has 0 aromatic heterocycles. The molecule has 1 aliphatic carbocycles. The maximum atomic E-state index is 13.9. The summed E-state index contributed by atoms with van der Waals surface area (Å²) < 4.78 is 39.3. The molecule has 0 spiro atoms. The number of hydrogen-bond donors (Lipinski definition) is 3. The minimum Gasteiger partial charge on any atom is -0.507 e. The van der Waals surface area contributed by atoms with Crippen LogP contribution in [0.2, 0.25) is 0 Å². The molecule has 0 saturated carbocycles. The number of fused-ring (bicyclic) bond motifs is 1. The number of phenolic OH excluding ortho intramolecular Hbond substituents is 2. The smallest absolute Gasteiger partial charge is 0.194 e. The number of aliphatic hydroxyl groups is 1. The van der Waals surface area contributed by atoms with Gasteiger partial charge in [-0.15, -0.1) is 0 Å². The van der Waals surface area contributed by atoms with Gasteiger partial charge in [0.15, 0.2) is 22.4 Å². The van der Waals surface area contributed by atoms with Crippen molar-refractivity contribution in [3.8, 4) is 28.7 Å². The van der Waals surface area contributed by atoms with Crippen molar-refractivity contribution in [3.63, 3.8) is 0 Å². The van der Waals surface area contributed by atoms with Crippen molar-refractivity contribution in [2.45, 2.75) is 32.6 Å². The van der Waals surface area contributed by atoms with E-state index in [2.05, 4.69) is 0 Å². The first-order chi connectivity index (χ1) is 25.6. The number of Topliss-reactive ketones (excluding diaryl/α,β-unsaturated/α-hetero) is 1. The van der Waals surface area contributed by atoms with E-state index < -0.39 is 22.5 Å². The zero-order valence-electron chi connectivity index (χ0n) is 30.5. The van der Waals surface area contributed by atoms with E-state index >= 15 is 0 Å². The monoisotopic (exact) mass is 732 g/mol. The van der Waals surface area contributed by atoms with Crippen molar-refractivity contribution in [2.24, 2.45) is 0 Å². The van der Waals surface area contributed by atoms with Gasteiger partial charge < -0.3 is 48.5 Å². The summed E-state index contributed by atoms with van der Waals surface area (Å²) in [6.07, 6.45) is 2.61. The fourth-order valence-corrected chi connectivity index (χ4v) is 7.77. The van der Waals surface area contributed by atoms with E-state index in [1.54, 1.807) is 6.92 Å². The largest absolute Gasteiger partial charge is 0.507 e. The van der Waals surface area contributed by atoms with Crippen LogP contribution >= 0.6 is 0 Å². The molecule has 0 bridgehead atoms. The van der Waals surface area contributed by atoms with Crippen LogP contribution in [0.1, 0.15) is 42.9 Å². The first-order valence-electron chi connectivity index (χ1n) is 17.5. The van der Waals surface area contributed by atoms with E-state index in [4.69, 9.17) is 38.3 Å². The van der Waals surface area contributed by atoms with E-state index in [0.717, 1.165) is 0 Å². The molecule has 0 radical (unpaired) electrons. The van der Waals surface area contributed by atoms with Crippen molar-refractivity contribution in [2.75, 3.05) is 80.8 Å². The number of methoxy groups -OCH3 is 3. The molecule has 0 amide bonds. The number of carbonyl (C=O) groups is 1. The van der Waals surface area contributed by atoms with Gasteiger partial charge in [0.1, 0.15) is 23.0 Å². The molecule has 5 aromatic carbocycles. The van der Waals surface area contributed by atoms with Crippen LogP contribution in [0.5, 0.6) is 28.7 Å². The van der Waals surface area contributed by atoms with Gasteiger partial charge in [0.2, 0.25) is 0 Å². The normalized spacial score (nSPS) is 14.2. The third-order valence-corrected chi connectivity index (χ3v) is 9.83. The average molecular weight is 733 g/mol. The summed E-state index contributed by atoms with van der Waals surface area (Å²) in [5, 5.41) is 35.0. The molecule has 0 saturated heterocycles. The SMILES string of the molecule is COc1c(O)c2c(=O)cc(OC)c3c4c(OC)cc(=O)c5c(O)c(CCCOCCOCCOCCOCCO)c6c(c(c1C(C(C)=O)C(C)=C6)c23)c54. The van der Waals surface area contributed by atoms with Gasteiger partial charge in [0.05, 0.1) is 90.9 Å². The summed E-state index contributed by atoms with van der Waals surface area (Å²) in [6, 6.07) is 2.56. The summed E-state index contributed by atoms with van der Waals surface area (Å²) in [7, 11) is 4.21. The lowest BCUT2D eigenvalue weighted by Gasteiger charge is -2.25. The molecule has 1 atom stereocenters. The van der Waals surface area contributed by atoms with Crippen molar-refractivity contribution in [1.29, 1.82) is 0 Å². The van der Waals surface area contributed by atoms with Crippen LogP contribution in [-0.2, 0) is 30.2 Å². The Morgan fingerprint density at radius 3 is 1.68 bits per heavy atom. The van der Waals surface area contributed by atoms with Gasteiger partial charge in [-0.3, -0.25) is 14.4 Å². The Morgan fingerprint density at radius 1 is 0.660 bits per heavy atom. The number of rotatable bonds is 19. The molecule has 3 N–H and O–H groups in total. The molecule has 53 heavy (non-hydrogen) atoms. The number of carbonyl (C=O) groups excluding carboxylic acids is 1. The van der Waals surface area contributed by atoms with Crippen LogP contribution in [-0.4, -0.2) is 102 Å². The second kappa shape index (κ2) is 16.1. The highest BCUT2D eigenvalue weighted by molar-refractivity contribution is 6.39. The third kappa shape index (κ3) is 6.57. The van der Waals surface area contributed by atoms with Crippen LogP contribution in [0.4, 0.5) is 0 Å². The Kier molecular flexibility index (Phi) is 11.5. The van der Waals surface area contributed by atoms with E-state index in [0.29, 0.717) is 114 Å². The molecule has 13 nitrogen and oxygen atoms in total. The predicted octanol–water partition coefficient (Wildman–Crippen LogP) is 4.41. The number of phenols is 2. The summed E-state index contributed by atoms with van der Waals surface area (Å²) in [6.45, 7) is 6.10. The first-order valence-corrected chi connectivity index (χ1v) is 17.5. The number of aliphatic hydroxyl groups excluding tert-OH is 1. The summed E-state index contributed by atoms with van der Waals surface area (Å²) in [5.74, 6) is -1.39. The number of ether oxygens (including phenoxy) is 7. The number of allylic oxidation sites excluding steroid dienone is 1. The molecular formula is C40H44O13. The molecular weight excluding hydrogens is 688 g/mol. The fraction of sp³-hybridized carbons (Fsp3) is 0.425. The summed E-state index contributed by atoms with van der Waals surface area (Å²) in [4.78, 5) is 41.3. The Bertz CT molecular complexity index is 2310. The molecule has 1 unspecified atom stereocenters. The van der Waals surface area contributed by atoms with Crippen molar-refractivity contribution >= 4 is 54.9 Å². The zero-order valence-corrected chi connectivity index (χ0v) is 30.5. The number of ketones is 1. The lowest BCUT2D eigenvalue weighted by atomic mass is 9.80. The quantitative estimate of drug-likeness (QED) is 0.0619. The Balaban J connectivity index is 1.47. The highest BCUT2D eigenvalue weighted by atomic mass is 16.6. The second-order valence-corrected chi connectivity index (χ2v) is 12.9. The molecule has 282 valence electrons. The summed E-state index contributed by atoms with van der Waals surface area (Å²) >= 11 is 0. The van der Waals surface area contributed by atoms with E-state index in [1.165, 1.54) is 40.4 Å². The Labute approximate surface area is 304 Å². The van der Waals surface area contributed by atoms with Crippen molar-refractivity contribution in [1.82, 2.24) is 0 Å². The minimum atomic E-state index is -0.894. The van der Waals surface area contributed by atoms with Gasteiger partial charge in [-0.25, -0.2) is 0 Å². The molecule has 0 heterocycles. The average Bonchev–Trinajstić information content (AvgIpc) is 3.26. The van der Waals surface area contributed by atoms with Gasteiger partial charge in [-0.1, -0.05) is 11.6 Å². The van der Waals surface area contributed by atoms with Crippen LogP contribution in [0.15, 0.2) is 27.3 Å². The zero-order chi connectivity index (χ0) is 38.0. The predicted molar refractivity (Wildman–Crippen MR) is 200 cm³/mol. The number of benzene rings is 5. The lowest BCUT2D eigenvalue weighted by Crippen LogP contribution is -2.14. The second-order valence-electron chi connectivity index (χ2n) is 12.9. The van der Waals surface area contributed by atoms with Gasteiger partial charge in [0.25, 0.3) is 0 Å². The first kappa shape index (κ1) is 38.0. The maximum Gasteiger partial charge on any atom is 0.194 e. The topological polar surface area (TPSA) is 177 Å². The summed E-state index contributed by atoms with van der Waals surface area (Å²) in [5.41, 5.74) is 1.02. The standard InChI is InChI=1S/C40H44O13/c1-20-17-23-22(7-6-9-50-11-13-52-15-16-53-14-12-51-10-8-41)38(45)30-24(43)18-26(47-3)32-33-27(48-4)19-25(44)31-36(33)35(29(23)34(30)32)37(28(20)21(2)42)40(49-5)39(31)46/h17-19,28,41,45-46H,6-16H2,1-5H3. The molecule has 1 aliphatic rings. The minimum absolute atomic E-state index is 0.0211. The third-order valence-electron chi connectivity index (χ3n) is 9.83. The Morgan fingerprint density at radius 2 is 1.17 bits per heavy atom. The van der Waals surface area contributed by atoms with Crippen molar-refractivity contribution < 1.29 is 53.3 Å². The van der Waals surface area contributed by atoms with Gasteiger partial charge >= 0.3 is 0 Å². The van der Waals surface area contributed by atoms with Crippen molar-refractivity contribution in [3.05, 3.63) is 54.8 Å².